The van der Waals surface area contributed by atoms with Crippen LogP contribution in [0, 0.1) is 60.9 Å². The number of hydrogen-bond acceptors (Lipinski definition) is 20. The number of carbonyl (C=O) groups excluding carboxylic acids is 7. The Morgan fingerprint density at radius 2 is 0.858 bits per heavy atom. The van der Waals surface area contributed by atoms with Gasteiger partial charge < -0.3 is 75.8 Å². The van der Waals surface area contributed by atoms with Gasteiger partial charge in [0.25, 0.3) is 29.6 Å². The highest BCUT2D eigenvalue weighted by atomic mass is 35.5. The fraction of sp³-hybridized carbons (Fsp3) is 0.569. The second-order valence-corrected chi connectivity index (χ2v) is 40.0. The first-order valence-electron chi connectivity index (χ1n) is 49.2. The number of halogens is 6. The lowest BCUT2D eigenvalue weighted by atomic mass is 10.0. The Kier molecular flexibility index (Phi) is 50.0. The number of nitrogens with one attached hydrogen (secondary N) is 8. The third kappa shape index (κ3) is 37.0. The zero-order valence-electron chi connectivity index (χ0n) is 85.1. The number of piperidine rings is 4. The number of pyridine rings is 4. The molecule has 4 saturated heterocycles. The number of nitrogens with zero attached hydrogens (tertiary/aromatic N) is 15. The summed E-state index contributed by atoms with van der Waals surface area (Å²) in [5.74, 6) is 0.275. The predicted molar refractivity (Wildman–Crippen MR) is 568 cm³/mol. The molecule has 0 unspecified atom stereocenters. The highest BCUT2D eigenvalue weighted by molar-refractivity contribution is 7.08. The molecule has 4 atom stereocenters. The van der Waals surface area contributed by atoms with Crippen molar-refractivity contribution in [3.63, 3.8) is 0 Å². The zero-order chi connectivity index (χ0) is 103. The summed E-state index contributed by atoms with van der Waals surface area (Å²) in [6.07, 6.45) is 13.1. The van der Waals surface area contributed by atoms with Crippen LogP contribution in [0.2, 0.25) is 25.8 Å². The molecule has 0 radical (unpaired) electrons. The molecule has 39 heteroatoms. The fourth-order valence-electron chi connectivity index (χ4n) is 18.6. The average molecular weight is 2080 g/mol. The summed E-state index contributed by atoms with van der Waals surface area (Å²) in [5.41, 5.74) is 13.1. The van der Waals surface area contributed by atoms with Crippen molar-refractivity contribution in [2.75, 3.05) is 131 Å². The summed E-state index contributed by atoms with van der Waals surface area (Å²) in [5, 5.41) is 30.9. The smallest absolute Gasteiger partial charge is 0.322 e. The third-order valence-corrected chi connectivity index (χ3v) is 28.9. The van der Waals surface area contributed by atoms with Crippen LogP contribution >= 0.6 is 80.7 Å². The monoisotopic (exact) mass is 2080 g/mol. The first-order valence-corrected chi connectivity index (χ1v) is 52.9. The van der Waals surface area contributed by atoms with Crippen molar-refractivity contribution < 1.29 is 42.7 Å². The van der Waals surface area contributed by atoms with Gasteiger partial charge in [-0.2, -0.15) is 34.2 Å². The summed E-state index contributed by atoms with van der Waals surface area (Å²) in [6.45, 7) is 50.8. The van der Waals surface area contributed by atoms with Crippen molar-refractivity contribution in [1.82, 2.24) is 96.5 Å². The molecule has 1 aromatic carbocycles. The molecule has 31 nitrogen and oxygen atoms in total. The maximum atomic E-state index is 13.2. The Labute approximate surface area is 867 Å². The van der Waals surface area contributed by atoms with Gasteiger partial charge in [-0.15, -0.1) is 0 Å². The molecule has 11 rings (SSSR count). The van der Waals surface area contributed by atoms with Crippen LogP contribution in [0.5, 0.6) is 0 Å². The van der Waals surface area contributed by atoms with Crippen molar-refractivity contribution in [1.29, 1.82) is 0 Å². The molecule has 4 aliphatic rings. The molecule has 4 fully saturated rings. The van der Waals surface area contributed by atoms with E-state index in [1.807, 2.05) is 58.3 Å². The number of urea groups is 2. The number of aromatic nitrogens is 4. The number of methoxy groups -OCH3 is 1. The third-order valence-electron chi connectivity index (χ3n) is 26.4. The van der Waals surface area contributed by atoms with Gasteiger partial charge in [-0.05, 0) is 289 Å². The van der Waals surface area contributed by atoms with E-state index in [0.717, 1.165) is 179 Å². The van der Waals surface area contributed by atoms with Crippen LogP contribution < -0.4 is 42.6 Å². The van der Waals surface area contributed by atoms with Crippen LogP contribution in [0.3, 0.4) is 0 Å². The fourth-order valence-corrected chi connectivity index (χ4v) is 21.4. The lowest BCUT2D eigenvalue weighted by Crippen LogP contribution is -2.53. The van der Waals surface area contributed by atoms with E-state index in [1.54, 1.807) is 87.1 Å². The van der Waals surface area contributed by atoms with Gasteiger partial charge >= 0.3 is 12.1 Å². The second-order valence-electron chi connectivity index (χ2n) is 36.5. The number of rotatable bonds is 37. The van der Waals surface area contributed by atoms with E-state index >= 15 is 0 Å². The molecule has 0 aliphatic carbocycles. The molecular formula is C102H147Cl5FN23O8S2. The van der Waals surface area contributed by atoms with Crippen molar-refractivity contribution >= 4 is 140 Å². The minimum atomic E-state index is -0.345. The van der Waals surface area contributed by atoms with Crippen molar-refractivity contribution in [2.45, 2.75) is 255 Å². The van der Waals surface area contributed by atoms with E-state index in [0.29, 0.717) is 167 Å². The maximum Gasteiger partial charge on any atom is 0.322 e. The topological polar surface area (TPSA) is 332 Å². The highest BCUT2D eigenvalue weighted by Gasteiger charge is 2.36. The van der Waals surface area contributed by atoms with E-state index in [9.17, 15) is 38.0 Å². The first kappa shape index (κ1) is 117. The van der Waals surface area contributed by atoms with Gasteiger partial charge in [0.1, 0.15) is 31.6 Å². The Morgan fingerprint density at radius 3 is 1.18 bits per heavy atom. The lowest BCUT2D eigenvalue weighted by Gasteiger charge is -2.41. The molecular weight excluding hydrogens is 1940 g/mol. The summed E-state index contributed by atoms with van der Waals surface area (Å²) in [4.78, 5) is 135. The number of hydrogen-bond donors (Lipinski definition) is 8. The molecule has 0 saturated carbocycles. The number of aliphatic imine (C=N–C) groups is 2. The number of ether oxygens (including phenoxy) is 1. The quantitative estimate of drug-likeness (QED) is 0.00589. The second kappa shape index (κ2) is 60.3. The highest BCUT2D eigenvalue weighted by Crippen LogP contribution is 2.30. The number of thiophene rings is 2. The summed E-state index contributed by atoms with van der Waals surface area (Å²) >= 11 is 33.3. The van der Waals surface area contributed by atoms with Gasteiger partial charge in [-0.1, -0.05) is 76.8 Å². The van der Waals surface area contributed by atoms with Gasteiger partial charge in [-0.3, -0.25) is 34.3 Å². The SMILES string of the molecule is CCCCN(C(=O)NCC)C1CCN([C@H](C)CCNC(=O)c2c(C)cc(Cl)nc2Cl)CC1.CN=C(NC(C)=O)N(Cc1ccsc1)C1CCN([C@H](C)CCNC(=O)c2c(C)cc(Cl)nc2C)CC1.COCCN(C(=O)Nc1ccc(F)cc1)C1CCN([C@H](C)CCNC(=O)c2c(C)cc(Cl)nc2C)CC1.[C-]#[N+]NC(=NCC)N(Cc1ccsc1)C1CCN([C@H](C)CCNC(=O)c2c(C)cc(Cl)nc2C)CC1. The summed E-state index contributed by atoms with van der Waals surface area (Å²) in [7, 11) is 3.34. The van der Waals surface area contributed by atoms with E-state index in [-0.39, 0.29) is 69.8 Å². The molecule has 8 N–H and O–H groups in total. The van der Waals surface area contributed by atoms with Gasteiger partial charge in [0.15, 0.2) is 0 Å². The van der Waals surface area contributed by atoms with Gasteiger partial charge in [0.2, 0.25) is 11.9 Å². The van der Waals surface area contributed by atoms with Crippen LogP contribution in [0.25, 0.3) is 4.95 Å². The molecule has 772 valence electrons. The van der Waals surface area contributed by atoms with Crippen LogP contribution in [-0.4, -0.2) is 286 Å². The van der Waals surface area contributed by atoms with Crippen LogP contribution in [0.15, 0.2) is 92.2 Å². The Morgan fingerprint density at radius 1 is 0.504 bits per heavy atom. The van der Waals surface area contributed by atoms with Crippen molar-refractivity contribution in [3.8, 4) is 0 Å². The maximum absolute atomic E-state index is 13.2. The molecule has 0 spiro atoms. The minimum absolute atomic E-state index is 0.0563. The van der Waals surface area contributed by atoms with E-state index < -0.39 is 0 Å². The molecule has 4 aliphatic heterocycles. The Balaban J connectivity index is 0.000000230. The number of likely N-dealkylation sites (tertiary alicyclic amines) is 4. The van der Waals surface area contributed by atoms with Crippen LogP contribution in [0.4, 0.5) is 19.7 Å². The lowest BCUT2D eigenvalue weighted by molar-refractivity contribution is -0.117. The largest absolute Gasteiger partial charge is 0.383 e. The number of amides is 9. The minimum Gasteiger partial charge on any atom is -0.383 e. The number of unbranched alkanes of at least 4 members (excludes halogenated alkanes) is 1. The molecule has 9 amide bonds. The standard InChI is InChI=1S/C27H37ClFN5O3.C26H36ClN7OS.C26H37ClN6O2S.C23H37Cl2N5O2/c1-18-17-24(28)31-20(3)25(18)26(35)30-12-9-19(2)33-13-10-23(11-14-33)34(15-16-37-4)27(36)32-22-7-5-21(29)6-8-22;1-6-29-26(32-28-5)34(16-21-10-14-36-17-21)22-8-12-33(13-9-22)19(3)7-11-30-25(35)24-18(2)15-23(27)31-20(24)4;1-17-14-23(27)30-19(3)24(17)25(35)29-10-6-18(2)32-11-7-22(8-12-32)33(15-21-9-13-36-16-21)26(28-5)31-20(4)34;1-5-7-12-30(23(32)26-6-2)18-9-13-29(14-10-18)17(4)8-11-27-22(31)20-16(3)15-19(24)28-21(20)25/h5-8,17,19,23H,9-16H2,1-4H3,(H,30,35)(H,32,36);10,14-15,17,19,22H,6-9,11-13,16H2,1-4H3,(H,29,32)(H,30,35);9,13-14,16,18,22H,6-8,10-12,15H2,1-5H3,(H,29,35)(H,28,31,34);15,17-18H,5-14H2,1-4H3,(H,26,32)(H,27,31)/t2*19-;18-;17-/m1111/s1. The zero-order valence-corrected chi connectivity index (χ0v) is 90.5. The summed E-state index contributed by atoms with van der Waals surface area (Å²) < 4.78 is 18.4. The molecule has 141 heavy (non-hydrogen) atoms. The normalized spacial score (nSPS) is 15.8. The number of guanidine groups is 2. The molecule has 7 aromatic rings. The molecule has 0 bridgehead atoms. The number of aryl methyl sites for hydroxylation is 7. The number of anilines is 1. The Bertz CT molecular complexity index is 5150. The summed E-state index contributed by atoms with van der Waals surface area (Å²) in [6, 6.07) is 18.9. The van der Waals surface area contributed by atoms with Crippen molar-refractivity contribution in [2.24, 2.45) is 9.98 Å². The van der Waals surface area contributed by atoms with Crippen LogP contribution in [0.1, 0.15) is 237 Å². The van der Waals surface area contributed by atoms with Gasteiger partial charge in [0.05, 0.1) is 45.9 Å². The van der Waals surface area contributed by atoms with Gasteiger partial charge in [0, 0.05) is 193 Å². The van der Waals surface area contributed by atoms with E-state index in [2.05, 4.69) is 175 Å². The average Bonchev–Trinajstić information content (AvgIpc) is 1.71. The molecule has 10 heterocycles. The number of carbonyl (C=O) groups is 7. The van der Waals surface area contributed by atoms with E-state index in [1.165, 1.54) is 30.2 Å². The Hall–Kier alpha value is -9.48. The number of benzene rings is 1. The molecule has 6 aromatic heterocycles. The van der Waals surface area contributed by atoms with Crippen LogP contribution in [-0.2, 0) is 22.6 Å². The van der Waals surface area contributed by atoms with Gasteiger partial charge in [-0.25, -0.2) is 38.9 Å². The van der Waals surface area contributed by atoms with Crippen molar-refractivity contribution in [3.05, 3.63) is 198 Å². The predicted octanol–water partition coefficient (Wildman–Crippen LogP) is 17.8. The first-order chi connectivity index (χ1) is 67.5. The van der Waals surface area contributed by atoms with E-state index in [4.69, 9.17) is 69.3 Å².